The minimum absolute atomic E-state index is 0.0562. The van der Waals surface area contributed by atoms with Crippen molar-refractivity contribution in [1.29, 1.82) is 0 Å². The van der Waals surface area contributed by atoms with E-state index in [1.165, 1.54) is 0 Å². The number of carbonyl (C=O) groups excluding carboxylic acids is 1. The van der Waals surface area contributed by atoms with Gasteiger partial charge in [-0.2, -0.15) is 0 Å². The highest BCUT2D eigenvalue weighted by Crippen LogP contribution is 2.12. The van der Waals surface area contributed by atoms with E-state index in [1.54, 1.807) is 0 Å². The largest absolute Gasteiger partial charge is 0.334 e. The third-order valence-electron chi connectivity index (χ3n) is 4.01. The lowest BCUT2D eigenvalue weighted by atomic mass is 10.1. The summed E-state index contributed by atoms with van der Waals surface area (Å²) in [4.78, 5) is 14.4. The summed E-state index contributed by atoms with van der Waals surface area (Å²) in [5, 5.41) is 6.54. The van der Waals surface area contributed by atoms with Crippen LogP contribution in [0.5, 0.6) is 0 Å². The highest BCUT2D eigenvalue weighted by molar-refractivity contribution is 5.74. The van der Waals surface area contributed by atoms with Crippen LogP contribution in [-0.2, 0) is 6.54 Å². The second kappa shape index (κ2) is 7.29. The Bertz CT molecular complexity index is 421. The third-order valence-corrected chi connectivity index (χ3v) is 4.01. The van der Waals surface area contributed by atoms with Crippen molar-refractivity contribution in [2.24, 2.45) is 0 Å². The number of hydrogen-bond donors (Lipinski definition) is 2. The van der Waals surface area contributed by atoms with Gasteiger partial charge in [0.2, 0.25) is 0 Å². The van der Waals surface area contributed by atoms with Crippen molar-refractivity contribution < 1.29 is 4.79 Å². The molecule has 1 aromatic rings. The summed E-state index contributed by atoms with van der Waals surface area (Å²) in [6.45, 7) is 6.58. The summed E-state index contributed by atoms with van der Waals surface area (Å²) >= 11 is 0. The van der Waals surface area contributed by atoms with Crippen molar-refractivity contribution >= 4 is 6.03 Å². The Morgan fingerprint density at radius 1 is 1.30 bits per heavy atom. The minimum atomic E-state index is 0.0562. The first-order valence-corrected chi connectivity index (χ1v) is 7.56. The lowest BCUT2D eigenvalue weighted by Crippen LogP contribution is -2.59. The molecule has 4 nitrogen and oxygen atoms in total. The van der Waals surface area contributed by atoms with Crippen molar-refractivity contribution in [1.82, 2.24) is 15.5 Å². The second-order valence-corrected chi connectivity index (χ2v) is 5.37. The van der Waals surface area contributed by atoms with Gasteiger partial charge in [0.05, 0.1) is 0 Å². The van der Waals surface area contributed by atoms with E-state index < -0.39 is 0 Å². The summed E-state index contributed by atoms with van der Waals surface area (Å²) in [7, 11) is 0. The zero-order valence-corrected chi connectivity index (χ0v) is 12.4. The molecule has 2 N–H and O–H groups in total. The van der Waals surface area contributed by atoms with E-state index in [0.717, 1.165) is 31.5 Å². The van der Waals surface area contributed by atoms with Crippen molar-refractivity contribution in [2.75, 3.05) is 13.1 Å². The molecule has 1 heterocycles. The molecule has 1 aliphatic rings. The van der Waals surface area contributed by atoms with Crippen LogP contribution in [0, 0.1) is 0 Å². The van der Waals surface area contributed by atoms with Crippen LogP contribution in [0.25, 0.3) is 0 Å². The fourth-order valence-electron chi connectivity index (χ4n) is 2.63. The molecule has 0 aromatic heterocycles. The van der Waals surface area contributed by atoms with Crippen LogP contribution in [0.1, 0.15) is 32.3 Å². The Morgan fingerprint density at radius 3 is 2.70 bits per heavy atom. The highest BCUT2D eigenvalue weighted by atomic mass is 16.2. The predicted molar refractivity (Wildman–Crippen MR) is 81.5 cm³/mol. The molecule has 1 aromatic carbocycles. The van der Waals surface area contributed by atoms with Gasteiger partial charge in [0.15, 0.2) is 0 Å². The topological polar surface area (TPSA) is 44.4 Å². The van der Waals surface area contributed by atoms with Gasteiger partial charge in [-0.3, -0.25) is 0 Å². The molecule has 4 heteroatoms. The first-order valence-electron chi connectivity index (χ1n) is 7.56. The lowest BCUT2D eigenvalue weighted by Gasteiger charge is -2.39. The molecule has 0 radical (unpaired) electrons. The Balaban J connectivity index is 1.91. The number of urea groups is 1. The molecule has 0 aliphatic carbocycles. The van der Waals surface area contributed by atoms with E-state index in [4.69, 9.17) is 0 Å². The predicted octanol–water partition coefficient (Wildman–Crippen LogP) is 2.36. The van der Waals surface area contributed by atoms with Crippen molar-refractivity contribution in [3.8, 4) is 0 Å². The molecule has 0 saturated carbocycles. The number of nitrogens with one attached hydrogen (secondary N) is 2. The van der Waals surface area contributed by atoms with Gasteiger partial charge in [0.1, 0.15) is 0 Å². The average molecular weight is 275 g/mol. The molecule has 1 aliphatic heterocycles. The molecular weight excluding hydrogens is 250 g/mol. The van der Waals surface area contributed by atoms with Crippen LogP contribution in [0.4, 0.5) is 4.79 Å². The number of amides is 2. The Morgan fingerprint density at radius 2 is 2.05 bits per heavy atom. The fourth-order valence-corrected chi connectivity index (χ4v) is 2.63. The van der Waals surface area contributed by atoms with E-state index in [9.17, 15) is 4.79 Å². The second-order valence-electron chi connectivity index (χ2n) is 5.37. The lowest BCUT2D eigenvalue weighted by molar-refractivity contribution is 0.136. The molecule has 20 heavy (non-hydrogen) atoms. The van der Waals surface area contributed by atoms with Gasteiger partial charge in [0.25, 0.3) is 0 Å². The molecule has 0 bridgehead atoms. The minimum Gasteiger partial charge on any atom is -0.334 e. The molecule has 2 amide bonds. The van der Waals surface area contributed by atoms with Crippen molar-refractivity contribution in [3.05, 3.63) is 35.9 Å². The maximum atomic E-state index is 12.4. The molecular formula is C16H25N3O. The Kier molecular flexibility index (Phi) is 5.41. The van der Waals surface area contributed by atoms with Crippen LogP contribution in [0.3, 0.4) is 0 Å². The van der Waals surface area contributed by atoms with Crippen molar-refractivity contribution in [2.45, 2.75) is 45.3 Å². The molecule has 2 atom stereocenters. The summed E-state index contributed by atoms with van der Waals surface area (Å²) in [6, 6.07) is 10.8. The number of piperazine rings is 1. The number of rotatable bonds is 4. The fraction of sp³-hybridized carbons (Fsp3) is 0.562. The van der Waals surface area contributed by atoms with Gasteiger partial charge in [-0.25, -0.2) is 4.79 Å². The zero-order valence-electron chi connectivity index (χ0n) is 12.4. The molecule has 2 rings (SSSR count). The van der Waals surface area contributed by atoms with E-state index in [0.29, 0.717) is 18.6 Å². The number of hydrogen-bond acceptors (Lipinski definition) is 2. The summed E-state index contributed by atoms with van der Waals surface area (Å²) in [5.41, 5.74) is 1.14. The first kappa shape index (κ1) is 14.9. The van der Waals surface area contributed by atoms with Crippen LogP contribution in [0.15, 0.2) is 30.3 Å². The number of benzene rings is 1. The quantitative estimate of drug-likeness (QED) is 0.886. The maximum Gasteiger partial charge on any atom is 0.318 e. The van der Waals surface area contributed by atoms with Crippen LogP contribution in [-0.4, -0.2) is 36.1 Å². The molecule has 110 valence electrons. The van der Waals surface area contributed by atoms with Gasteiger partial charge < -0.3 is 15.5 Å². The normalized spacial score (nSPS) is 22.6. The standard InChI is InChI=1S/C16H25N3O/c1-3-14-12-19(15(4-2)11-17-14)16(20)18-10-13-8-6-5-7-9-13/h5-9,14-15,17H,3-4,10-12H2,1-2H3,(H,18,20). The van der Waals surface area contributed by atoms with E-state index >= 15 is 0 Å². The Labute approximate surface area is 121 Å². The monoisotopic (exact) mass is 275 g/mol. The molecule has 1 fully saturated rings. The zero-order chi connectivity index (χ0) is 14.4. The first-order chi connectivity index (χ1) is 9.74. The van der Waals surface area contributed by atoms with Gasteiger partial charge in [-0.05, 0) is 18.4 Å². The number of nitrogens with zero attached hydrogens (tertiary/aromatic N) is 1. The summed E-state index contributed by atoms with van der Waals surface area (Å²) < 4.78 is 0. The van der Waals surface area contributed by atoms with Gasteiger partial charge >= 0.3 is 6.03 Å². The van der Waals surface area contributed by atoms with Crippen LogP contribution < -0.4 is 10.6 Å². The summed E-state index contributed by atoms with van der Waals surface area (Å²) in [5.74, 6) is 0. The van der Waals surface area contributed by atoms with Gasteiger partial charge in [0, 0.05) is 31.7 Å². The van der Waals surface area contributed by atoms with Crippen LogP contribution in [0.2, 0.25) is 0 Å². The van der Waals surface area contributed by atoms with Gasteiger partial charge in [-0.1, -0.05) is 44.2 Å². The average Bonchev–Trinajstić information content (AvgIpc) is 2.52. The van der Waals surface area contributed by atoms with Crippen molar-refractivity contribution in [3.63, 3.8) is 0 Å². The molecule has 1 saturated heterocycles. The maximum absolute atomic E-state index is 12.4. The van der Waals surface area contributed by atoms with Crippen LogP contribution >= 0.6 is 0 Å². The smallest absolute Gasteiger partial charge is 0.318 e. The third kappa shape index (κ3) is 3.73. The van der Waals surface area contributed by atoms with E-state index in [-0.39, 0.29) is 6.03 Å². The SMILES string of the molecule is CCC1CN(C(=O)NCc2ccccc2)C(CC)CN1. The molecule has 2 unspecified atom stereocenters. The van der Waals surface area contributed by atoms with E-state index in [1.807, 2.05) is 35.2 Å². The highest BCUT2D eigenvalue weighted by Gasteiger charge is 2.29. The van der Waals surface area contributed by atoms with E-state index in [2.05, 4.69) is 24.5 Å². The molecule has 0 spiro atoms. The number of carbonyl (C=O) groups is 1. The van der Waals surface area contributed by atoms with Gasteiger partial charge in [-0.15, -0.1) is 0 Å². The summed E-state index contributed by atoms with van der Waals surface area (Å²) in [6.07, 6.45) is 2.04. The Hall–Kier alpha value is -1.55.